The number of thiazole rings is 1. The van der Waals surface area contributed by atoms with E-state index >= 15 is 0 Å². The fraction of sp³-hybridized carbons (Fsp3) is 0.0435. The van der Waals surface area contributed by atoms with Crippen LogP contribution in [0.2, 0.25) is 0 Å². The second-order valence-corrected chi connectivity index (χ2v) is 8.50. The summed E-state index contributed by atoms with van der Waals surface area (Å²) in [6.07, 6.45) is 0. The molecule has 4 aromatic rings. The molecule has 138 valence electrons. The predicted octanol–water partition coefficient (Wildman–Crippen LogP) is 1.59. The fourth-order valence-electron chi connectivity index (χ4n) is 3.28. The number of thioether (sulfide) groups is 1. The van der Waals surface area contributed by atoms with Gasteiger partial charge in [-0.2, -0.15) is 0 Å². The van der Waals surface area contributed by atoms with Crippen molar-refractivity contribution < 1.29 is 39.5 Å². The van der Waals surface area contributed by atoms with Crippen molar-refractivity contribution >= 4 is 29.1 Å². The van der Waals surface area contributed by atoms with Gasteiger partial charge in [0, 0.05) is 0 Å². The van der Waals surface area contributed by atoms with E-state index in [4.69, 9.17) is 0 Å². The molecule has 0 spiro atoms. The first-order chi connectivity index (χ1) is 13.7. The van der Waals surface area contributed by atoms with E-state index in [2.05, 4.69) is 41.4 Å². The first kappa shape index (κ1) is 21.8. The summed E-state index contributed by atoms with van der Waals surface area (Å²) in [7, 11) is 0. The molecule has 0 aliphatic rings. The summed E-state index contributed by atoms with van der Waals surface area (Å²) < 4.78 is -0.00268. The molecule has 3 nitrogen and oxygen atoms in total. The van der Waals surface area contributed by atoms with Gasteiger partial charge in [0.15, 0.2) is 0 Å². The molecule has 0 N–H and O–H groups in total. The molecule has 6 heteroatoms. The third-order valence-corrected chi connectivity index (χ3v) is 7.06. The number of rotatable bonds is 6. The molecule has 0 bridgehead atoms. The average molecular weight is 426 g/mol. The molecule has 29 heavy (non-hydrogen) atoms. The number of carbonyl (C=O) groups is 1. The van der Waals surface area contributed by atoms with Gasteiger partial charge in [0.05, 0.1) is 20.4 Å². The molecule has 0 atom stereocenters. The third kappa shape index (κ3) is 4.34. The number of benzene rings is 3. The maximum absolute atomic E-state index is 11.6. The van der Waals surface area contributed by atoms with Gasteiger partial charge in [0.2, 0.25) is 0 Å². The molecule has 4 rings (SSSR count). The van der Waals surface area contributed by atoms with Crippen LogP contribution in [-0.2, 0) is 4.75 Å². The average Bonchev–Trinajstić information content (AvgIpc) is 3.22. The van der Waals surface area contributed by atoms with E-state index in [1.807, 2.05) is 54.6 Å². The zero-order valence-corrected chi connectivity index (χ0v) is 19.5. The molecule has 0 unspecified atom stereocenters. The normalized spacial score (nSPS) is 10.9. The molecular formula is C23H16NNaO2S2. The van der Waals surface area contributed by atoms with Crippen LogP contribution < -0.4 is 34.7 Å². The summed E-state index contributed by atoms with van der Waals surface area (Å²) in [4.78, 5) is 15.6. The van der Waals surface area contributed by atoms with Crippen molar-refractivity contribution in [1.82, 2.24) is 4.98 Å². The minimum absolute atomic E-state index is 0. The Kier molecular flexibility index (Phi) is 7.33. The molecule has 0 saturated carbocycles. The smallest absolute Gasteiger partial charge is 0.543 e. The maximum atomic E-state index is 11.6. The van der Waals surface area contributed by atoms with Crippen LogP contribution in [0.5, 0.6) is 0 Å². The number of hydrogen-bond acceptors (Lipinski definition) is 5. The predicted molar refractivity (Wildman–Crippen MR) is 112 cm³/mol. The van der Waals surface area contributed by atoms with Crippen molar-refractivity contribution in [1.29, 1.82) is 0 Å². The summed E-state index contributed by atoms with van der Waals surface area (Å²) in [5, 5.41) is 11.6. The van der Waals surface area contributed by atoms with E-state index in [1.54, 1.807) is 5.51 Å². The molecule has 0 aliphatic carbocycles. The summed E-state index contributed by atoms with van der Waals surface area (Å²) in [6, 6.07) is 30.4. The molecule has 0 saturated heterocycles. The number of carboxylic acids is 1. The van der Waals surface area contributed by atoms with Gasteiger partial charge in [0.1, 0.15) is 5.69 Å². The van der Waals surface area contributed by atoms with Crippen LogP contribution >= 0.6 is 23.1 Å². The van der Waals surface area contributed by atoms with Crippen LogP contribution in [0.25, 0.3) is 0 Å². The third-order valence-electron chi connectivity index (χ3n) is 4.51. The standard InChI is InChI=1S/C23H17NO2S2.Na/c25-21(26)20-22(27-16-24-20)28-23(17-10-4-1-5-11-17,18-12-6-2-7-13-18)19-14-8-3-9-15-19;/h1-16H,(H,25,26);/q;+1/p-1. The van der Waals surface area contributed by atoms with Crippen molar-refractivity contribution in [3.63, 3.8) is 0 Å². The Morgan fingerprint density at radius 1 is 0.793 bits per heavy atom. The van der Waals surface area contributed by atoms with Crippen LogP contribution in [0, 0.1) is 0 Å². The summed E-state index contributed by atoms with van der Waals surface area (Å²) in [6.45, 7) is 0. The van der Waals surface area contributed by atoms with Crippen molar-refractivity contribution in [3.8, 4) is 0 Å². The van der Waals surface area contributed by atoms with Gasteiger partial charge in [-0.25, -0.2) is 4.98 Å². The first-order valence-corrected chi connectivity index (χ1v) is 10.4. The Labute approximate surface area is 200 Å². The van der Waals surface area contributed by atoms with E-state index in [0.717, 1.165) is 16.7 Å². The zero-order chi connectivity index (χ0) is 19.4. The number of carbonyl (C=O) groups excluding carboxylic acids is 1. The summed E-state index contributed by atoms with van der Waals surface area (Å²) in [5.41, 5.74) is 4.74. The Balaban J connectivity index is 0.00000240. The molecule has 0 aliphatic heterocycles. The quantitative estimate of drug-likeness (QED) is 0.268. The maximum Gasteiger partial charge on any atom is 1.00 e. The van der Waals surface area contributed by atoms with Crippen LogP contribution in [0.1, 0.15) is 27.2 Å². The second kappa shape index (κ2) is 9.74. The number of hydrogen-bond donors (Lipinski definition) is 0. The Morgan fingerprint density at radius 2 is 1.21 bits per heavy atom. The fourth-order valence-corrected chi connectivity index (χ4v) is 5.75. The Hall–Kier alpha value is -1.89. The molecule has 0 fully saturated rings. The monoisotopic (exact) mass is 425 g/mol. The van der Waals surface area contributed by atoms with Gasteiger partial charge < -0.3 is 9.90 Å². The van der Waals surface area contributed by atoms with Gasteiger partial charge in [0.25, 0.3) is 0 Å². The SMILES string of the molecule is O=C([O-])c1ncsc1SC(c1ccccc1)(c1ccccc1)c1ccccc1.[Na+]. The second-order valence-electron chi connectivity index (χ2n) is 6.16. The topological polar surface area (TPSA) is 53.0 Å². The molecule has 1 heterocycles. The Morgan fingerprint density at radius 3 is 1.59 bits per heavy atom. The molecule has 0 radical (unpaired) electrons. The van der Waals surface area contributed by atoms with Crippen molar-refractivity contribution in [2.24, 2.45) is 0 Å². The van der Waals surface area contributed by atoms with Crippen molar-refractivity contribution in [2.45, 2.75) is 8.96 Å². The van der Waals surface area contributed by atoms with E-state index in [0.29, 0.717) is 4.21 Å². The van der Waals surface area contributed by atoms with Gasteiger partial charge in [-0.15, -0.1) is 11.3 Å². The van der Waals surface area contributed by atoms with Gasteiger partial charge in [-0.05, 0) is 16.7 Å². The summed E-state index contributed by atoms with van der Waals surface area (Å²) in [5.74, 6) is -1.26. The van der Waals surface area contributed by atoms with E-state index in [1.165, 1.54) is 23.1 Å². The molecular weight excluding hydrogens is 409 g/mol. The molecule has 0 amide bonds. The largest absolute Gasteiger partial charge is 1.00 e. The first-order valence-electron chi connectivity index (χ1n) is 8.72. The van der Waals surface area contributed by atoms with Crippen LogP contribution in [0.15, 0.2) is 101 Å². The van der Waals surface area contributed by atoms with E-state index in [9.17, 15) is 9.90 Å². The van der Waals surface area contributed by atoms with Crippen LogP contribution in [-0.4, -0.2) is 11.0 Å². The van der Waals surface area contributed by atoms with Crippen LogP contribution in [0.4, 0.5) is 0 Å². The van der Waals surface area contributed by atoms with Crippen molar-refractivity contribution in [2.75, 3.05) is 0 Å². The molecule has 1 aromatic heterocycles. The number of nitrogens with zero attached hydrogens (tertiary/aromatic N) is 1. The minimum atomic E-state index is -1.26. The Bertz CT molecular complexity index is 973. The van der Waals surface area contributed by atoms with Gasteiger partial charge in [-0.1, -0.05) is 103 Å². The van der Waals surface area contributed by atoms with Gasteiger partial charge in [-0.3, -0.25) is 0 Å². The van der Waals surface area contributed by atoms with Gasteiger partial charge >= 0.3 is 29.6 Å². The zero-order valence-electron chi connectivity index (χ0n) is 15.8. The number of aromatic carboxylic acids is 1. The minimum Gasteiger partial charge on any atom is -0.543 e. The van der Waals surface area contributed by atoms with E-state index < -0.39 is 10.7 Å². The molecule has 3 aromatic carbocycles. The van der Waals surface area contributed by atoms with Crippen LogP contribution in [0.3, 0.4) is 0 Å². The van der Waals surface area contributed by atoms with Crippen molar-refractivity contribution in [3.05, 3.63) is 119 Å². The number of carboxylic acid groups (broad SMARTS) is 1. The van der Waals surface area contributed by atoms with E-state index in [-0.39, 0.29) is 35.3 Å². The summed E-state index contributed by atoms with van der Waals surface area (Å²) >= 11 is 2.81. The number of aromatic nitrogens is 1.